The number of aliphatic hydroxyl groups is 2. The van der Waals surface area contributed by atoms with Crippen molar-refractivity contribution in [3.63, 3.8) is 0 Å². The Morgan fingerprint density at radius 3 is 2.60 bits per heavy atom. The summed E-state index contributed by atoms with van der Waals surface area (Å²) in [4.78, 5) is 12.4. The fourth-order valence-electron chi connectivity index (χ4n) is 7.73. The molecule has 3 saturated carbocycles. The summed E-state index contributed by atoms with van der Waals surface area (Å²) < 4.78 is 0. The molecule has 4 aliphatic carbocycles. The second kappa shape index (κ2) is 5.42. The summed E-state index contributed by atoms with van der Waals surface area (Å²) in [5.74, 6) is 1.64. The Balaban J connectivity index is 1.72. The first kappa shape index (κ1) is 17.7. The van der Waals surface area contributed by atoms with E-state index >= 15 is 0 Å². The largest absolute Gasteiger partial charge is 0.393 e. The van der Waals surface area contributed by atoms with Gasteiger partial charge in [-0.25, -0.2) is 0 Å². The highest BCUT2D eigenvalue weighted by Crippen LogP contribution is 2.68. The van der Waals surface area contributed by atoms with Gasteiger partial charge in [-0.1, -0.05) is 32.4 Å². The quantitative estimate of drug-likeness (QED) is 0.709. The van der Waals surface area contributed by atoms with Crippen LogP contribution in [0.5, 0.6) is 0 Å². The number of carbonyl (C=O) groups excluding carboxylic acids is 1. The molecule has 3 fully saturated rings. The van der Waals surface area contributed by atoms with E-state index in [1.54, 1.807) is 6.92 Å². The number of ketones is 1. The average molecular weight is 347 g/mol. The van der Waals surface area contributed by atoms with Crippen LogP contribution in [0.2, 0.25) is 0 Å². The monoisotopic (exact) mass is 346 g/mol. The fraction of sp³-hybridized carbons (Fsp3) is 0.864. The van der Waals surface area contributed by atoms with E-state index in [9.17, 15) is 15.0 Å². The second-order valence-electron chi connectivity index (χ2n) is 10.1. The summed E-state index contributed by atoms with van der Waals surface area (Å²) in [5, 5.41) is 21.5. The minimum atomic E-state index is -1.16. The molecule has 4 aliphatic rings. The molecule has 0 aliphatic heterocycles. The lowest BCUT2D eigenvalue weighted by atomic mass is 9.46. The number of rotatable bonds is 1. The molecule has 3 nitrogen and oxygen atoms in total. The second-order valence-corrected chi connectivity index (χ2v) is 10.1. The Kier molecular flexibility index (Phi) is 3.84. The molecule has 0 aromatic heterocycles. The van der Waals surface area contributed by atoms with Crippen molar-refractivity contribution in [2.75, 3.05) is 0 Å². The predicted molar refractivity (Wildman–Crippen MR) is 97.9 cm³/mol. The molecule has 0 aromatic carbocycles. The van der Waals surface area contributed by atoms with Crippen molar-refractivity contribution >= 4 is 5.78 Å². The SMILES string of the molecule is CC(=O)[C@@]1(O)[C@H](C)C[C@H]2[C@@H]3CC=C4C[C@H](O)CC[C@]4(C)[C@H]3CC[C@@]21C. The van der Waals surface area contributed by atoms with Gasteiger partial charge in [-0.3, -0.25) is 4.79 Å². The van der Waals surface area contributed by atoms with E-state index in [-0.39, 0.29) is 28.6 Å². The van der Waals surface area contributed by atoms with Crippen LogP contribution in [0.15, 0.2) is 11.6 Å². The van der Waals surface area contributed by atoms with Gasteiger partial charge in [0.05, 0.1) is 6.10 Å². The van der Waals surface area contributed by atoms with E-state index in [1.165, 1.54) is 5.57 Å². The lowest BCUT2D eigenvalue weighted by molar-refractivity contribution is -0.165. The zero-order valence-electron chi connectivity index (χ0n) is 16.2. The fourth-order valence-corrected chi connectivity index (χ4v) is 7.73. The molecule has 140 valence electrons. The Labute approximate surface area is 151 Å². The number of aliphatic hydroxyl groups excluding tert-OH is 1. The first-order valence-corrected chi connectivity index (χ1v) is 10.3. The summed E-state index contributed by atoms with van der Waals surface area (Å²) in [6.45, 7) is 8.26. The smallest absolute Gasteiger partial charge is 0.162 e. The van der Waals surface area contributed by atoms with Gasteiger partial charge in [0, 0.05) is 5.41 Å². The van der Waals surface area contributed by atoms with Gasteiger partial charge >= 0.3 is 0 Å². The molecule has 0 aromatic rings. The van der Waals surface area contributed by atoms with Crippen LogP contribution in [0.25, 0.3) is 0 Å². The third kappa shape index (κ3) is 2.09. The molecule has 0 spiro atoms. The van der Waals surface area contributed by atoms with Crippen molar-refractivity contribution < 1.29 is 15.0 Å². The summed E-state index contributed by atoms with van der Waals surface area (Å²) >= 11 is 0. The van der Waals surface area contributed by atoms with Crippen molar-refractivity contribution in [3.05, 3.63) is 11.6 Å². The summed E-state index contributed by atoms with van der Waals surface area (Å²) in [6.07, 6.45) is 9.15. The van der Waals surface area contributed by atoms with Crippen LogP contribution in [0.4, 0.5) is 0 Å². The van der Waals surface area contributed by atoms with E-state index in [0.29, 0.717) is 17.8 Å². The molecule has 0 bridgehead atoms. The number of hydrogen-bond acceptors (Lipinski definition) is 3. The normalized spacial score (nSPS) is 55.0. The highest BCUT2D eigenvalue weighted by molar-refractivity contribution is 5.86. The number of fused-ring (bicyclic) bond motifs is 5. The zero-order valence-corrected chi connectivity index (χ0v) is 16.2. The molecule has 3 heteroatoms. The third-order valence-corrected chi connectivity index (χ3v) is 9.20. The third-order valence-electron chi connectivity index (χ3n) is 9.20. The van der Waals surface area contributed by atoms with Crippen LogP contribution >= 0.6 is 0 Å². The van der Waals surface area contributed by atoms with E-state index in [4.69, 9.17) is 0 Å². The lowest BCUT2D eigenvalue weighted by Crippen LogP contribution is -2.58. The standard InChI is InChI=1S/C22H34O3/c1-13-11-19-17-6-5-15-12-16(24)7-9-20(15,3)18(17)8-10-21(19,4)22(13,25)14(2)23/h5,13,16-19,24-25H,6-12H2,1-4H3/t13-,16-,17-,18+,19+,20+,21+,22+/m1/s1. The van der Waals surface area contributed by atoms with Crippen LogP contribution in [0.3, 0.4) is 0 Å². The minimum absolute atomic E-state index is 0.0394. The molecular weight excluding hydrogens is 312 g/mol. The average Bonchev–Trinajstić information content (AvgIpc) is 2.77. The van der Waals surface area contributed by atoms with Crippen LogP contribution in [0.1, 0.15) is 72.6 Å². The predicted octanol–water partition coefficient (Wildman–Crippen LogP) is 3.88. The maximum absolute atomic E-state index is 12.4. The lowest BCUT2D eigenvalue weighted by Gasteiger charge is -2.58. The topological polar surface area (TPSA) is 57.5 Å². The molecule has 0 saturated heterocycles. The molecule has 0 heterocycles. The zero-order chi connectivity index (χ0) is 18.2. The van der Waals surface area contributed by atoms with Crippen molar-refractivity contribution in [2.45, 2.75) is 84.3 Å². The first-order chi connectivity index (χ1) is 11.6. The molecule has 25 heavy (non-hydrogen) atoms. The van der Waals surface area contributed by atoms with Crippen molar-refractivity contribution in [2.24, 2.45) is 34.5 Å². The van der Waals surface area contributed by atoms with Gasteiger partial charge in [0.2, 0.25) is 0 Å². The summed E-state index contributed by atoms with van der Waals surface area (Å²) in [5.41, 5.74) is 0.249. The number of Topliss-reactive ketones (excluding diaryl/α,β-unsaturated/α-hetero) is 1. The minimum Gasteiger partial charge on any atom is -0.393 e. The van der Waals surface area contributed by atoms with Gasteiger partial charge in [0.1, 0.15) is 5.60 Å². The van der Waals surface area contributed by atoms with E-state index < -0.39 is 5.60 Å². The Morgan fingerprint density at radius 2 is 1.92 bits per heavy atom. The number of allylic oxidation sites excluding steroid dienone is 1. The molecule has 4 rings (SSSR count). The van der Waals surface area contributed by atoms with Crippen LogP contribution in [-0.4, -0.2) is 27.7 Å². The van der Waals surface area contributed by atoms with E-state index in [1.807, 2.05) is 0 Å². The van der Waals surface area contributed by atoms with Crippen LogP contribution < -0.4 is 0 Å². The van der Waals surface area contributed by atoms with Gasteiger partial charge in [-0.2, -0.15) is 0 Å². The van der Waals surface area contributed by atoms with Crippen LogP contribution in [0, 0.1) is 34.5 Å². The maximum Gasteiger partial charge on any atom is 0.162 e. The van der Waals surface area contributed by atoms with Crippen molar-refractivity contribution in [1.82, 2.24) is 0 Å². The number of carbonyl (C=O) groups is 1. The molecule has 0 radical (unpaired) electrons. The van der Waals surface area contributed by atoms with Crippen molar-refractivity contribution in [1.29, 1.82) is 0 Å². The molecular formula is C22H34O3. The molecule has 8 atom stereocenters. The van der Waals surface area contributed by atoms with Crippen LogP contribution in [-0.2, 0) is 4.79 Å². The van der Waals surface area contributed by atoms with Gasteiger partial charge in [-0.05, 0) is 81.0 Å². The van der Waals surface area contributed by atoms with E-state index in [0.717, 1.165) is 44.9 Å². The molecule has 0 amide bonds. The highest BCUT2D eigenvalue weighted by atomic mass is 16.3. The summed E-state index contributed by atoms with van der Waals surface area (Å²) in [6, 6.07) is 0. The molecule has 0 unspecified atom stereocenters. The highest BCUT2D eigenvalue weighted by Gasteiger charge is 2.67. The maximum atomic E-state index is 12.4. The van der Waals surface area contributed by atoms with Gasteiger partial charge in [0.15, 0.2) is 5.78 Å². The van der Waals surface area contributed by atoms with Gasteiger partial charge in [-0.15, -0.1) is 0 Å². The van der Waals surface area contributed by atoms with E-state index in [2.05, 4.69) is 26.8 Å². The Morgan fingerprint density at radius 1 is 1.20 bits per heavy atom. The Hall–Kier alpha value is -0.670. The van der Waals surface area contributed by atoms with Gasteiger partial charge in [0.25, 0.3) is 0 Å². The number of hydrogen-bond donors (Lipinski definition) is 2. The molecule has 2 N–H and O–H groups in total. The first-order valence-electron chi connectivity index (χ1n) is 10.3. The van der Waals surface area contributed by atoms with Crippen molar-refractivity contribution in [3.8, 4) is 0 Å². The Bertz CT molecular complexity index is 625. The van der Waals surface area contributed by atoms with Gasteiger partial charge < -0.3 is 10.2 Å². The summed E-state index contributed by atoms with van der Waals surface area (Å²) in [7, 11) is 0.